The van der Waals surface area contributed by atoms with Crippen molar-refractivity contribution in [3.63, 3.8) is 0 Å². The fourth-order valence-corrected chi connectivity index (χ4v) is 2.17. The molecule has 0 fully saturated rings. The molecule has 2 rings (SSSR count). The lowest BCUT2D eigenvalue weighted by Crippen LogP contribution is -2.35. The van der Waals surface area contributed by atoms with Crippen LogP contribution in [0, 0.1) is 12.8 Å². The molecule has 7 nitrogen and oxygen atoms in total. The average Bonchev–Trinajstić information content (AvgIpc) is 2.93. The van der Waals surface area contributed by atoms with E-state index >= 15 is 0 Å². The van der Waals surface area contributed by atoms with E-state index in [0.29, 0.717) is 18.2 Å². The highest BCUT2D eigenvalue weighted by molar-refractivity contribution is 5.75. The van der Waals surface area contributed by atoms with Crippen LogP contribution in [0.25, 0.3) is 11.4 Å². The molecule has 0 bridgehead atoms. The molecule has 1 atom stereocenters. The molecule has 0 aliphatic heterocycles. The fraction of sp³-hybridized carbons (Fsp3) is 0.500. The van der Waals surface area contributed by atoms with Gasteiger partial charge in [0.05, 0.1) is 6.10 Å². The number of nitrogens with zero attached hydrogens (tertiary/aromatic N) is 4. The minimum atomic E-state index is -0.536. The minimum absolute atomic E-state index is 0.0206. The molecule has 0 radical (unpaired) electrons. The molecule has 2 N–H and O–H groups in total. The zero-order valence-corrected chi connectivity index (χ0v) is 13.7. The molecule has 7 heteroatoms. The molecule has 0 saturated heterocycles. The quantitative estimate of drug-likeness (QED) is 0.799. The lowest BCUT2D eigenvalue weighted by molar-refractivity contribution is -0.122. The van der Waals surface area contributed by atoms with Gasteiger partial charge >= 0.3 is 0 Å². The Morgan fingerprint density at radius 3 is 2.65 bits per heavy atom. The van der Waals surface area contributed by atoms with Crippen LogP contribution in [0.1, 0.15) is 25.8 Å². The summed E-state index contributed by atoms with van der Waals surface area (Å²) in [5.74, 6) is 0.620. The molecule has 0 aliphatic carbocycles. The van der Waals surface area contributed by atoms with Crippen molar-refractivity contribution in [1.29, 1.82) is 0 Å². The monoisotopic (exact) mass is 317 g/mol. The van der Waals surface area contributed by atoms with Gasteiger partial charge in [-0.1, -0.05) is 43.7 Å². The molecule has 1 amide bonds. The standard InChI is InChI=1S/C16H23N5O2/c1-11(2)8-14(22)9-17-15(23)10-21-19-16(18-20-21)13-6-4-12(3)5-7-13/h4-7,11,14,22H,8-10H2,1-3H3,(H,17,23). The number of rotatable bonds is 7. The van der Waals surface area contributed by atoms with Gasteiger partial charge in [0.1, 0.15) is 6.54 Å². The highest BCUT2D eigenvalue weighted by Gasteiger charge is 2.11. The van der Waals surface area contributed by atoms with Crippen molar-refractivity contribution < 1.29 is 9.90 Å². The van der Waals surface area contributed by atoms with E-state index in [1.807, 2.05) is 45.0 Å². The predicted octanol–water partition coefficient (Wildman–Crippen LogP) is 1.17. The van der Waals surface area contributed by atoms with Crippen LogP contribution >= 0.6 is 0 Å². The van der Waals surface area contributed by atoms with E-state index in [1.165, 1.54) is 4.80 Å². The Morgan fingerprint density at radius 1 is 1.30 bits per heavy atom. The van der Waals surface area contributed by atoms with E-state index in [9.17, 15) is 9.90 Å². The van der Waals surface area contributed by atoms with Crippen molar-refractivity contribution in [2.24, 2.45) is 5.92 Å². The number of amides is 1. The molecule has 0 saturated carbocycles. The van der Waals surface area contributed by atoms with Gasteiger partial charge in [-0.2, -0.15) is 4.80 Å². The summed E-state index contributed by atoms with van der Waals surface area (Å²) >= 11 is 0. The van der Waals surface area contributed by atoms with Gasteiger partial charge in [-0.15, -0.1) is 10.2 Å². The lowest BCUT2D eigenvalue weighted by Gasteiger charge is -2.13. The summed E-state index contributed by atoms with van der Waals surface area (Å²) < 4.78 is 0. The van der Waals surface area contributed by atoms with Crippen LogP contribution in [0.5, 0.6) is 0 Å². The van der Waals surface area contributed by atoms with Crippen LogP contribution in [0.4, 0.5) is 0 Å². The third-order valence-corrected chi connectivity index (χ3v) is 3.33. The number of aromatic nitrogens is 4. The Kier molecular flexibility index (Phi) is 5.81. The predicted molar refractivity (Wildman–Crippen MR) is 86.5 cm³/mol. The number of aryl methyl sites for hydroxylation is 1. The van der Waals surface area contributed by atoms with Gasteiger partial charge in [0.25, 0.3) is 0 Å². The second-order valence-corrected chi connectivity index (χ2v) is 6.10. The summed E-state index contributed by atoms with van der Waals surface area (Å²) in [6.07, 6.45) is 0.116. The maximum absolute atomic E-state index is 11.8. The van der Waals surface area contributed by atoms with Gasteiger partial charge in [0.2, 0.25) is 11.7 Å². The van der Waals surface area contributed by atoms with Gasteiger partial charge in [0.15, 0.2) is 0 Å². The number of carbonyl (C=O) groups is 1. The molecule has 0 aliphatic rings. The van der Waals surface area contributed by atoms with Gasteiger partial charge < -0.3 is 10.4 Å². The van der Waals surface area contributed by atoms with Crippen molar-refractivity contribution in [3.05, 3.63) is 29.8 Å². The lowest BCUT2D eigenvalue weighted by atomic mass is 10.1. The number of aliphatic hydroxyl groups is 1. The highest BCUT2D eigenvalue weighted by atomic mass is 16.3. The Hall–Kier alpha value is -2.28. The first-order valence-corrected chi connectivity index (χ1v) is 7.73. The first kappa shape index (κ1) is 17.1. The van der Waals surface area contributed by atoms with E-state index in [2.05, 4.69) is 20.7 Å². The Labute approximate surface area is 135 Å². The largest absolute Gasteiger partial charge is 0.391 e. The Balaban J connectivity index is 1.86. The molecule has 1 aromatic carbocycles. The number of tetrazole rings is 1. The molecule has 124 valence electrons. The molecule has 2 aromatic rings. The van der Waals surface area contributed by atoms with Crippen molar-refractivity contribution >= 4 is 5.91 Å². The summed E-state index contributed by atoms with van der Waals surface area (Å²) in [7, 11) is 0. The van der Waals surface area contributed by atoms with Crippen molar-refractivity contribution in [3.8, 4) is 11.4 Å². The second-order valence-electron chi connectivity index (χ2n) is 6.10. The number of nitrogens with one attached hydrogen (secondary N) is 1. The van der Waals surface area contributed by atoms with Crippen molar-refractivity contribution in [1.82, 2.24) is 25.5 Å². The summed E-state index contributed by atoms with van der Waals surface area (Å²) in [4.78, 5) is 13.1. The topological polar surface area (TPSA) is 92.9 Å². The van der Waals surface area contributed by atoms with Crippen LogP contribution in [-0.2, 0) is 11.3 Å². The minimum Gasteiger partial charge on any atom is -0.391 e. The van der Waals surface area contributed by atoms with E-state index in [0.717, 1.165) is 11.1 Å². The maximum atomic E-state index is 11.8. The number of aliphatic hydroxyl groups excluding tert-OH is 1. The highest BCUT2D eigenvalue weighted by Crippen LogP contribution is 2.13. The van der Waals surface area contributed by atoms with E-state index in [1.54, 1.807) is 0 Å². The first-order chi connectivity index (χ1) is 10.9. The first-order valence-electron chi connectivity index (χ1n) is 7.73. The molecule has 23 heavy (non-hydrogen) atoms. The number of hydrogen-bond acceptors (Lipinski definition) is 5. The smallest absolute Gasteiger partial charge is 0.243 e. The zero-order valence-electron chi connectivity index (χ0n) is 13.7. The summed E-state index contributed by atoms with van der Waals surface area (Å²) in [6.45, 7) is 6.27. The number of hydrogen-bond donors (Lipinski definition) is 2. The Morgan fingerprint density at radius 2 is 2.00 bits per heavy atom. The van der Waals surface area contributed by atoms with Gasteiger partial charge in [-0.3, -0.25) is 4.79 Å². The Bertz CT molecular complexity index is 636. The maximum Gasteiger partial charge on any atom is 0.243 e. The molecule has 0 spiro atoms. The van der Waals surface area contributed by atoms with Crippen LogP contribution in [0.3, 0.4) is 0 Å². The third kappa shape index (κ3) is 5.45. The van der Waals surface area contributed by atoms with Crippen LogP contribution in [0.2, 0.25) is 0 Å². The summed E-state index contributed by atoms with van der Waals surface area (Å²) in [5, 5.41) is 24.5. The van der Waals surface area contributed by atoms with Gasteiger partial charge in [-0.25, -0.2) is 0 Å². The van der Waals surface area contributed by atoms with Gasteiger partial charge in [-0.05, 0) is 24.5 Å². The van der Waals surface area contributed by atoms with Crippen molar-refractivity contribution in [2.45, 2.75) is 39.8 Å². The molecule has 1 heterocycles. The van der Waals surface area contributed by atoms with Gasteiger partial charge in [0, 0.05) is 12.1 Å². The summed E-state index contributed by atoms with van der Waals surface area (Å²) in [6, 6.07) is 7.77. The molecular weight excluding hydrogens is 294 g/mol. The third-order valence-electron chi connectivity index (χ3n) is 3.33. The summed E-state index contributed by atoms with van der Waals surface area (Å²) in [5.41, 5.74) is 2.01. The fourth-order valence-electron chi connectivity index (χ4n) is 2.17. The number of benzene rings is 1. The normalized spacial score (nSPS) is 12.4. The zero-order chi connectivity index (χ0) is 16.8. The van der Waals surface area contributed by atoms with Crippen LogP contribution < -0.4 is 5.32 Å². The van der Waals surface area contributed by atoms with Crippen LogP contribution in [-0.4, -0.2) is 43.9 Å². The average molecular weight is 317 g/mol. The van der Waals surface area contributed by atoms with Crippen molar-refractivity contribution in [2.75, 3.05) is 6.54 Å². The van der Waals surface area contributed by atoms with E-state index < -0.39 is 6.10 Å². The number of carbonyl (C=O) groups excluding carboxylic acids is 1. The van der Waals surface area contributed by atoms with Crippen LogP contribution in [0.15, 0.2) is 24.3 Å². The molecule has 1 unspecified atom stereocenters. The van der Waals surface area contributed by atoms with E-state index in [4.69, 9.17) is 0 Å². The second kappa shape index (κ2) is 7.82. The van der Waals surface area contributed by atoms with E-state index in [-0.39, 0.29) is 19.0 Å². The SMILES string of the molecule is Cc1ccc(-c2nnn(CC(=O)NCC(O)CC(C)C)n2)cc1. The molecular formula is C16H23N5O2. The molecule has 1 aromatic heterocycles.